The number of aromatic nitrogens is 2. The van der Waals surface area contributed by atoms with Crippen molar-refractivity contribution in [1.29, 1.82) is 5.26 Å². The van der Waals surface area contributed by atoms with Gasteiger partial charge < -0.3 is 10.6 Å². The number of anilines is 2. The third kappa shape index (κ3) is 3.19. The molecule has 24 heavy (non-hydrogen) atoms. The SMILES string of the molecule is CNc1cc(-c2ccnc(N(C#N)C(=O)[C@H]3CCNC3)c2)ccn1. The van der Waals surface area contributed by atoms with E-state index in [1.165, 1.54) is 0 Å². The number of nitrogens with zero attached hydrogens (tertiary/aromatic N) is 4. The van der Waals surface area contributed by atoms with Crippen LogP contribution in [0.4, 0.5) is 11.6 Å². The van der Waals surface area contributed by atoms with Crippen LogP contribution < -0.4 is 15.5 Å². The highest BCUT2D eigenvalue weighted by atomic mass is 16.2. The summed E-state index contributed by atoms with van der Waals surface area (Å²) in [7, 11) is 1.80. The molecule has 0 spiro atoms. The molecule has 0 aromatic carbocycles. The largest absolute Gasteiger partial charge is 0.373 e. The van der Waals surface area contributed by atoms with Gasteiger partial charge in [-0.05, 0) is 48.4 Å². The second-order valence-electron chi connectivity index (χ2n) is 5.55. The van der Waals surface area contributed by atoms with E-state index < -0.39 is 0 Å². The van der Waals surface area contributed by atoms with Gasteiger partial charge in [-0.2, -0.15) is 10.2 Å². The zero-order valence-corrected chi connectivity index (χ0v) is 13.4. The average Bonchev–Trinajstić information content (AvgIpc) is 3.17. The second kappa shape index (κ2) is 7.06. The fourth-order valence-electron chi connectivity index (χ4n) is 2.73. The number of nitrogens with one attached hydrogen (secondary N) is 2. The van der Waals surface area contributed by atoms with E-state index in [0.717, 1.165) is 34.8 Å². The van der Waals surface area contributed by atoms with E-state index in [1.54, 1.807) is 25.5 Å². The first-order valence-electron chi connectivity index (χ1n) is 7.77. The van der Waals surface area contributed by atoms with Crippen LogP contribution in [0.2, 0.25) is 0 Å². The molecule has 2 aromatic heterocycles. The summed E-state index contributed by atoms with van der Waals surface area (Å²) in [6, 6.07) is 7.37. The summed E-state index contributed by atoms with van der Waals surface area (Å²) >= 11 is 0. The minimum atomic E-state index is -0.210. The van der Waals surface area contributed by atoms with Crippen molar-refractivity contribution in [2.45, 2.75) is 6.42 Å². The maximum absolute atomic E-state index is 12.5. The summed E-state index contributed by atoms with van der Waals surface area (Å²) in [4.78, 5) is 22.0. The van der Waals surface area contributed by atoms with Crippen LogP contribution in [0, 0.1) is 17.4 Å². The molecular weight excluding hydrogens is 304 g/mol. The third-order valence-corrected chi connectivity index (χ3v) is 4.05. The molecule has 2 N–H and O–H groups in total. The summed E-state index contributed by atoms with van der Waals surface area (Å²) in [5.41, 5.74) is 1.81. The van der Waals surface area contributed by atoms with Crippen LogP contribution in [0.1, 0.15) is 6.42 Å². The van der Waals surface area contributed by atoms with Crippen LogP contribution in [-0.4, -0.2) is 36.0 Å². The van der Waals surface area contributed by atoms with Crippen LogP contribution in [0.25, 0.3) is 11.1 Å². The summed E-state index contributed by atoms with van der Waals surface area (Å²) in [5.74, 6) is 0.704. The van der Waals surface area contributed by atoms with Gasteiger partial charge in [0, 0.05) is 26.0 Å². The highest BCUT2D eigenvalue weighted by molar-refractivity contribution is 5.97. The second-order valence-corrected chi connectivity index (χ2v) is 5.55. The molecule has 3 heterocycles. The fraction of sp³-hybridized carbons (Fsp3) is 0.294. The lowest BCUT2D eigenvalue weighted by Gasteiger charge is -2.17. The van der Waals surface area contributed by atoms with Crippen LogP contribution >= 0.6 is 0 Å². The number of pyridine rings is 2. The highest BCUT2D eigenvalue weighted by Gasteiger charge is 2.29. The lowest BCUT2D eigenvalue weighted by Crippen LogP contribution is -2.34. The molecule has 0 aliphatic carbocycles. The topological polar surface area (TPSA) is 93.9 Å². The number of carbonyl (C=O) groups excluding carboxylic acids is 1. The van der Waals surface area contributed by atoms with Crippen molar-refractivity contribution in [3.63, 3.8) is 0 Å². The average molecular weight is 322 g/mol. The van der Waals surface area contributed by atoms with Crippen molar-refractivity contribution < 1.29 is 4.79 Å². The Labute approximate surface area is 140 Å². The zero-order chi connectivity index (χ0) is 16.9. The molecule has 122 valence electrons. The summed E-state index contributed by atoms with van der Waals surface area (Å²) in [6.07, 6.45) is 6.02. The van der Waals surface area contributed by atoms with E-state index in [1.807, 2.05) is 24.4 Å². The maximum atomic E-state index is 12.5. The van der Waals surface area contributed by atoms with Gasteiger partial charge in [-0.25, -0.2) is 9.97 Å². The molecule has 2 aromatic rings. The minimum Gasteiger partial charge on any atom is -0.373 e. The molecule has 1 amide bonds. The Hall–Kier alpha value is -2.98. The predicted molar refractivity (Wildman–Crippen MR) is 91.1 cm³/mol. The van der Waals surface area contributed by atoms with Gasteiger partial charge in [-0.3, -0.25) is 4.79 Å². The van der Waals surface area contributed by atoms with Crippen LogP contribution in [-0.2, 0) is 4.79 Å². The summed E-state index contributed by atoms with van der Waals surface area (Å²) < 4.78 is 0. The first kappa shape index (κ1) is 15.9. The Bertz CT molecular complexity index is 779. The van der Waals surface area contributed by atoms with Gasteiger partial charge in [0.25, 0.3) is 0 Å². The van der Waals surface area contributed by atoms with E-state index in [2.05, 4.69) is 20.6 Å². The molecule has 3 rings (SSSR count). The molecule has 7 nitrogen and oxygen atoms in total. The molecular formula is C17H18N6O. The Kier molecular flexibility index (Phi) is 4.68. The van der Waals surface area contributed by atoms with Gasteiger partial charge in [-0.1, -0.05) is 0 Å². The lowest BCUT2D eigenvalue weighted by atomic mass is 10.1. The molecule has 1 saturated heterocycles. The molecule has 0 radical (unpaired) electrons. The molecule has 0 unspecified atom stereocenters. The standard InChI is InChI=1S/C17H18N6O/c1-19-15-8-12(3-6-21-15)13-4-7-22-16(9-13)23(11-18)17(24)14-2-5-20-10-14/h3-4,6-9,14,20H,2,5,10H2,1H3,(H,19,21)/t14-/m0/s1. The number of carbonyl (C=O) groups is 1. The van der Waals surface area contributed by atoms with Gasteiger partial charge in [0.2, 0.25) is 5.91 Å². The molecule has 0 saturated carbocycles. The van der Waals surface area contributed by atoms with Crippen molar-refractivity contribution >= 4 is 17.5 Å². The van der Waals surface area contributed by atoms with Crippen molar-refractivity contribution in [2.75, 3.05) is 30.4 Å². The molecule has 0 bridgehead atoms. The van der Waals surface area contributed by atoms with Crippen LogP contribution in [0.5, 0.6) is 0 Å². The number of hydrogen-bond acceptors (Lipinski definition) is 6. The van der Waals surface area contributed by atoms with Crippen molar-refractivity contribution in [3.8, 4) is 17.3 Å². The van der Waals surface area contributed by atoms with E-state index in [9.17, 15) is 10.1 Å². The smallest absolute Gasteiger partial charge is 0.246 e. The van der Waals surface area contributed by atoms with Crippen LogP contribution in [0.3, 0.4) is 0 Å². The summed E-state index contributed by atoms with van der Waals surface area (Å²) in [6.45, 7) is 1.40. The minimum absolute atomic E-state index is 0.174. The van der Waals surface area contributed by atoms with Gasteiger partial charge in [0.1, 0.15) is 11.6 Å². The third-order valence-electron chi connectivity index (χ3n) is 4.05. The monoisotopic (exact) mass is 322 g/mol. The van der Waals surface area contributed by atoms with Crippen molar-refractivity contribution in [1.82, 2.24) is 15.3 Å². The number of hydrogen-bond donors (Lipinski definition) is 2. The Morgan fingerprint density at radius 3 is 2.75 bits per heavy atom. The van der Waals surface area contributed by atoms with Crippen LogP contribution in [0.15, 0.2) is 36.7 Å². The first-order valence-corrected chi connectivity index (χ1v) is 7.77. The normalized spacial score (nSPS) is 16.4. The Balaban J connectivity index is 1.91. The lowest BCUT2D eigenvalue weighted by molar-refractivity contribution is -0.121. The fourth-order valence-corrected chi connectivity index (χ4v) is 2.73. The molecule has 1 atom stereocenters. The van der Waals surface area contributed by atoms with Gasteiger partial charge in [0.05, 0.1) is 5.92 Å². The van der Waals surface area contributed by atoms with E-state index in [4.69, 9.17) is 0 Å². The first-order chi connectivity index (χ1) is 11.7. The molecule has 1 fully saturated rings. The molecule has 1 aliphatic heterocycles. The number of amides is 1. The zero-order valence-electron chi connectivity index (χ0n) is 13.4. The number of nitriles is 1. The molecule has 7 heteroatoms. The van der Waals surface area contributed by atoms with Gasteiger partial charge in [-0.15, -0.1) is 0 Å². The Morgan fingerprint density at radius 1 is 1.33 bits per heavy atom. The highest BCUT2D eigenvalue weighted by Crippen LogP contribution is 2.25. The van der Waals surface area contributed by atoms with Crippen molar-refractivity contribution in [3.05, 3.63) is 36.7 Å². The van der Waals surface area contributed by atoms with Crippen molar-refractivity contribution in [2.24, 2.45) is 5.92 Å². The van der Waals surface area contributed by atoms with E-state index in [0.29, 0.717) is 12.4 Å². The quantitative estimate of drug-likeness (QED) is 0.656. The van der Waals surface area contributed by atoms with Gasteiger partial charge >= 0.3 is 0 Å². The predicted octanol–water partition coefficient (Wildman–Crippen LogP) is 1.61. The summed E-state index contributed by atoms with van der Waals surface area (Å²) in [5, 5.41) is 15.6. The van der Waals surface area contributed by atoms with E-state index >= 15 is 0 Å². The Morgan fingerprint density at radius 2 is 2.08 bits per heavy atom. The maximum Gasteiger partial charge on any atom is 0.246 e. The number of rotatable bonds is 4. The van der Waals surface area contributed by atoms with E-state index in [-0.39, 0.29) is 11.8 Å². The van der Waals surface area contributed by atoms with Gasteiger partial charge in [0.15, 0.2) is 6.19 Å². The molecule has 1 aliphatic rings.